The van der Waals surface area contributed by atoms with Crippen LogP contribution in [0.1, 0.15) is 34.3 Å². The molecule has 1 aromatic heterocycles. The molecule has 0 unspecified atom stereocenters. The Morgan fingerprint density at radius 1 is 1.03 bits per heavy atom. The predicted molar refractivity (Wildman–Crippen MR) is 111 cm³/mol. The lowest BCUT2D eigenvalue weighted by Gasteiger charge is -2.15. The average molecular weight is 388 g/mol. The summed E-state index contributed by atoms with van der Waals surface area (Å²) < 4.78 is 1.81. The molecule has 1 aliphatic heterocycles. The van der Waals surface area contributed by atoms with Crippen LogP contribution in [0, 0.1) is 0 Å². The van der Waals surface area contributed by atoms with Gasteiger partial charge in [0.2, 0.25) is 5.91 Å². The van der Waals surface area contributed by atoms with E-state index < -0.39 is 0 Å². The van der Waals surface area contributed by atoms with E-state index in [9.17, 15) is 9.59 Å². The van der Waals surface area contributed by atoms with Crippen molar-refractivity contribution in [3.63, 3.8) is 0 Å². The molecule has 0 spiro atoms. The summed E-state index contributed by atoms with van der Waals surface area (Å²) in [6.45, 7) is 2.02. The molecule has 1 fully saturated rings. The fourth-order valence-corrected chi connectivity index (χ4v) is 3.51. The van der Waals surface area contributed by atoms with E-state index in [0.29, 0.717) is 25.1 Å². The van der Waals surface area contributed by atoms with Gasteiger partial charge >= 0.3 is 0 Å². The van der Waals surface area contributed by atoms with Gasteiger partial charge in [0.05, 0.1) is 5.69 Å². The highest BCUT2D eigenvalue weighted by Gasteiger charge is 2.19. The lowest BCUT2D eigenvalue weighted by molar-refractivity contribution is -0.128. The number of carbonyl (C=O) groups excluding carboxylic acids is 2. The third-order valence-electron chi connectivity index (χ3n) is 5.17. The van der Waals surface area contributed by atoms with Crippen LogP contribution in [0.3, 0.4) is 0 Å². The van der Waals surface area contributed by atoms with Gasteiger partial charge in [-0.05, 0) is 54.3 Å². The van der Waals surface area contributed by atoms with Gasteiger partial charge in [0, 0.05) is 44.0 Å². The van der Waals surface area contributed by atoms with Crippen molar-refractivity contribution in [2.75, 3.05) is 13.1 Å². The average Bonchev–Trinajstić information content (AvgIpc) is 3.42. The monoisotopic (exact) mass is 388 g/mol. The van der Waals surface area contributed by atoms with Crippen LogP contribution < -0.4 is 5.32 Å². The number of hydrogen-bond donors (Lipinski definition) is 1. The normalized spacial score (nSPS) is 13.7. The lowest BCUT2D eigenvalue weighted by Crippen LogP contribution is -2.26. The highest BCUT2D eigenvalue weighted by molar-refractivity contribution is 5.94. The van der Waals surface area contributed by atoms with Crippen molar-refractivity contribution < 1.29 is 9.59 Å². The van der Waals surface area contributed by atoms with Gasteiger partial charge in [-0.1, -0.05) is 24.3 Å². The molecule has 148 valence electrons. The first kappa shape index (κ1) is 18.9. The molecule has 0 atom stereocenters. The molecule has 0 saturated carbocycles. The standard InChI is InChI=1S/C23H24N4O2/c28-22-3-1-15-26(22)17-19-4-8-20(9-5-19)23(29)24-14-12-18-6-10-21(11-7-18)27-16-2-13-25-27/h2,4-11,13,16H,1,3,12,14-15,17H2,(H,24,29). The van der Waals surface area contributed by atoms with E-state index in [1.807, 2.05) is 58.2 Å². The Morgan fingerprint density at radius 3 is 2.45 bits per heavy atom. The molecule has 0 aliphatic carbocycles. The van der Waals surface area contributed by atoms with Gasteiger partial charge in [-0.2, -0.15) is 5.10 Å². The number of rotatable bonds is 7. The molecule has 3 aromatic rings. The minimum Gasteiger partial charge on any atom is -0.352 e. The molecule has 0 radical (unpaired) electrons. The molecule has 2 heterocycles. The Morgan fingerprint density at radius 2 is 1.79 bits per heavy atom. The number of nitrogens with one attached hydrogen (secondary N) is 1. The minimum absolute atomic E-state index is 0.0815. The summed E-state index contributed by atoms with van der Waals surface area (Å²) in [5, 5.41) is 7.18. The smallest absolute Gasteiger partial charge is 0.251 e. The van der Waals surface area contributed by atoms with Crippen LogP contribution in [-0.2, 0) is 17.8 Å². The third kappa shape index (κ3) is 4.71. The Balaban J connectivity index is 1.25. The topological polar surface area (TPSA) is 67.2 Å². The van der Waals surface area contributed by atoms with Gasteiger partial charge in [0.1, 0.15) is 0 Å². The van der Waals surface area contributed by atoms with Crippen LogP contribution in [0.4, 0.5) is 0 Å². The highest BCUT2D eigenvalue weighted by atomic mass is 16.2. The lowest BCUT2D eigenvalue weighted by atomic mass is 10.1. The second-order valence-electron chi connectivity index (χ2n) is 7.24. The quantitative estimate of drug-likeness (QED) is 0.677. The van der Waals surface area contributed by atoms with E-state index in [1.54, 1.807) is 6.20 Å². The molecule has 2 aromatic carbocycles. The summed E-state index contributed by atoms with van der Waals surface area (Å²) in [6, 6.07) is 17.5. The van der Waals surface area contributed by atoms with Crippen LogP contribution in [0.15, 0.2) is 67.0 Å². The largest absolute Gasteiger partial charge is 0.352 e. The van der Waals surface area contributed by atoms with Crippen molar-refractivity contribution in [1.29, 1.82) is 0 Å². The number of likely N-dealkylation sites (tertiary alicyclic amines) is 1. The number of hydrogen-bond acceptors (Lipinski definition) is 3. The number of aromatic nitrogens is 2. The molecule has 2 amide bonds. The van der Waals surface area contributed by atoms with Crippen LogP contribution in [0.5, 0.6) is 0 Å². The highest BCUT2D eigenvalue weighted by Crippen LogP contribution is 2.15. The second-order valence-corrected chi connectivity index (χ2v) is 7.24. The van der Waals surface area contributed by atoms with Crippen LogP contribution in [0.2, 0.25) is 0 Å². The zero-order valence-corrected chi connectivity index (χ0v) is 16.3. The molecule has 6 heteroatoms. The number of nitrogens with zero attached hydrogens (tertiary/aromatic N) is 3. The van der Waals surface area contributed by atoms with Crippen LogP contribution in [-0.4, -0.2) is 39.6 Å². The summed E-state index contributed by atoms with van der Waals surface area (Å²) in [5.41, 5.74) is 3.86. The van der Waals surface area contributed by atoms with Gasteiger partial charge in [-0.3, -0.25) is 9.59 Å². The Bertz CT molecular complexity index is 963. The summed E-state index contributed by atoms with van der Waals surface area (Å²) in [4.78, 5) is 26.0. The van der Waals surface area contributed by atoms with Gasteiger partial charge < -0.3 is 10.2 Å². The summed E-state index contributed by atoms with van der Waals surface area (Å²) in [7, 11) is 0. The zero-order valence-electron chi connectivity index (χ0n) is 16.3. The molecule has 1 saturated heterocycles. The first-order valence-electron chi connectivity index (χ1n) is 9.93. The second kappa shape index (κ2) is 8.73. The van der Waals surface area contributed by atoms with Gasteiger partial charge in [0.15, 0.2) is 0 Å². The zero-order chi connectivity index (χ0) is 20.1. The van der Waals surface area contributed by atoms with Crippen molar-refractivity contribution in [3.8, 4) is 5.69 Å². The maximum Gasteiger partial charge on any atom is 0.251 e. The van der Waals surface area contributed by atoms with Crippen molar-refractivity contribution in [1.82, 2.24) is 20.0 Å². The van der Waals surface area contributed by atoms with E-state index in [4.69, 9.17) is 0 Å². The van der Waals surface area contributed by atoms with Gasteiger partial charge in [0.25, 0.3) is 5.91 Å². The number of carbonyl (C=O) groups is 2. The minimum atomic E-state index is -0.0815. The molecule has 29 heavy (non-hydrogen) atoms. The Hall–Kier alpha value is -3.41. The first-order chi connectivity index (χ1) is 14.2. The van der Waals surface area contributed by atoms with Gasteiger partial charge in [-0.15, -0.1) is 0 Å². The molecule has 1 N–H and O–H groups in total. The summed E-state index contributed by atoms with van der Waals surface area (Å²) in [6.07, 6.45) is 6.00. The Labute approximate surface area is 170 Å². The maximum absolute atomic E-state index is 12.4. The maximum atomic E-state index is 12.4. The van der Waals surface area contributed by atoms with Crippen molar-refractivity contribution >= 4 is 11.8 Å². The van der Waals surface area contributed by atoms with E-state index in [2.05, 4.69) is 22.5 Å². The SMILES string of the molecule is O=C(NCCc1ccc(-n2cccn2)cc1)c1ccc(CN2CCCC2=O)cc1. The predicted octanol–water partition coefficient (Wildman–Crippen LogP) is 2.97. The fraction of sp³-hybridized carbons (Fsp3) is 0.261. The third-order valence-corrected chi connectivity index (χ3v) is 5.17. The molecule has 6 nitrogen and oxygen atoms in total. The van der Waals surface area contributed by atoms with E-state index in [-0.39, 0.29) is 11.8 Å². The van der Waals surface area contributed by atoms with E-state index in [0.717, 1.165) is 36.2 Å². The molecule has 1 aliphatic rings. The number of benzene rings is 2. The molecule has 0 bridgehead atoms. The Kier molecular flexibility index (Phi) is 5.70. The first-order valence-corrected chi connectivity index (χ1v) is 9.93. The molecular weight excluding hydrogens is 364 g/mol. The van der Waals surface area contributed by atoms with Crippen molar-refractivity contribution in [2.24, 2.45) is 0 Å². The van der Waals surface area contributed by atoms with Crippen LogP contribution in [0.25, 0.3) is 5.69 Å². The fourth-order valence-electron chi connectivity index (χ4n) is 3.51. The van der Waals surface area contributed by atoms with Crippen LogP contribution >= 0.6 is 0 Å². The molecular formula is C23H24N4O2. The summed E-state index contributed by atoms with van der Waals surface area (Å²) >= 11 is 0. The van der Waals surface area contributed by atoms with E-state index >= 15 is 0 Å². The number of amides is 2. The van der Waals surface area contributed by atoms with E-state index in [1.165, 1.54) is 0 Å². The molecule has 4 rings (SSSR count). The van der Waals surface area contributed by atoms with Crippen molar-refractivity contribution in [3.05, 3.63) is 83.7 Å². The van der Waals surface area contributed by atoms with Gasteiger partial charge in [-0.25, -0.2) is 4.68 Å². The van der Waals surface area contributed by atoms with Crippen molar-refractivity contribution in [2.45, 2.75) is 25.8 Å². The summed E-state index contributed by atoms with van der Waals surface area (Å²) in [5.74, 6) is 0.131.